The van der Waals surface area contributed by atoms with E-state index in [-0.39, 0.29) is 5.57 Å². The van der Waals surface area contributed by atoms with Crippen LogP contribution >= 0.6 is 0 Å². The Kier molecular flexibility index (Phi) is 7.08. The maximum atomic E-state index is 12.6. The molecule has 0 aliphatic heterocycles. The Labute approximate surface area is 182 Å². The zero-order valence-corrected chi connectivity index (χ0v) is 17.8. The maximum Gasteiger partial charge on any atom is 0.266 e. The second kappa shape index (κ2) is 10.1. The van der Waals surface area contributed by atoms with Crippen molar-refractivity contribution in [1.29, 1.82) is 5.26 Å². The summed E-state index contributed by atoms with van der Waals surface area (Å²) in [6.07, 6.45) is 1.54. The van der Waals surface area contributed by atoms with Crippen molar-refractivity contribution in [3.05, 3.63) is 94.6 Å². The number of carbonyl (C=O) groups excluding carboxylic acids is 1. The zero-order chi connectivity index (χ0) is 22.2. The average Bonchev–Trinajstić information content (AvgIpc) is 2.77. The minimum absolute atomic E-state index is 0.00279. The predicted octanol–water partition coefficient (Wildman–Crippen LogP) is 5.44. The molecule has 31 heavy (non-hydrogen) atoms. The summed E-state index contributed by atoms with van der Waals surface area (Å²) in [5, 5.41) is 12.2. The largest absolute Gasteiger partial charge is 0.495 e. The van der Waals surface area contributed by atoms with Gasteiger partial charge in [-0.1, -0.05) is 48.0 Å². The van der Waals surface area contributed by atoms with E-state index >= 15 is 0 Å². The van der Waals surface area contributed by atoms with E-state index in [2.05, 4.69) is 11.4 Å². The molecule has 0 spiro atoms. The number of nitrogens with one attached hydrogen (secondary N) is 1. The Morgan fingerprint density at radius 2 is 1.77 bits per heavy atom. The molecule has 0 atom stereocenters. The number of amides is 1. The molecule has 0 heterocycles. The van der Waals surface area contributed by atoms with Gasteiger partial charge in [-0.15, -0.1) is 0 Å². The van der Waals surface area contributed by atoms with Crippen molar-refractivity contribution >= 4 is 17.7 Å². The van der Waals surface area contributed by atoms with Crippen molar-refractivity contribution in [3.8, 4) is 17.6 Å². The van der Waals surface area contributed by atoms with Crippen LogP contribution in [-0.4, -0.2) is 13.0 Å². The molecule has 0 bridgehead atoms. The minimum Gasteiger partial charge on any atom is -0.495 e. The molecule has 5 nitrogen and oxygen atoms in total. The Bertz CT molecular complexity index is 1140. The van der Waals surface area contributed by atoms with Gasteiger partial charge in [0.15, 0.2) is 0 Å². The van der Waals surface area contributed by atoms with Gasteiger partial charge in [0.05, 0.1) is 12.8 Å². The lowest BCUT2D eigenvalue weighted by Gasteiger charge is -2.10. The fourth-order valence-electron chi connectivity index (χ4n) is 3.05. The third-order valence-electron chi connectivity index (χ3n) is 4.65. The van der Waals surface area contributed by atoms with Gasteiger partial charge >= 0.3 is 0 Å². The van der Waals surface area contributed by atoms with Gasteiger partial charge < -0.3 is 14.8 Å². The molecule has 3 aromatic carbocycles. The number of nitriles is 1. The molecular formula is C26H24N2O3. The number of anilines is 1. The van der Waals surface area contributed by atoms with Gasteiger partial charge in [0.1, 0.15) is 29.7 Å². The third-order valence-corrected chi connectivity index (χ3v) is 4.65. The van der Waals surface area contributed by atoms with Crippen LogP contribution in [0.3, 0.4) is 0 Å². The molecule has 5 heteroatoms. The SMILES string of the molecule is COc1ccc(C)cc1NC(=O)/C(C#N)=C/c1ccc(OCc2cccc(C)c2)cc1. The molecule has 0 fully saturated rings. The molecule has 1 amide bonds. The minimum atomic E-state index is -0.494. The normalized spacial score (nSPS) is 10.8. The quantitative estimate of drug-likeness (QED) is 0.414. The summed E-state index contributed by atoms with van der Waals surface area (Å²) in [5.41, 5.74) is 4.50. The second-order valence-corrected chi connectivity index (χ2v) is 7.17. The molecule has 0 aliphatic rings. The summed E-state index contributed by atoms with van der Waals surface area (Å²) >= 11 is 0. The van der Waals surface area contributed by atoms with Gasteiger partial charge in [0, 0.05) is 0 Å². The standard InChI is InChI=1S/C26H24N2O3/c1-18-5-4-6-21(13-18)17-31-23-10-8-20(9-11-23)15-22(16-27)26(29)28-24-14-19(2)7-12-25(24)30-3/h4-15H,17H2,1-3H3,(H,28,29)/b22-15+. The smallest absolute Gasteiger partial charge is 0.266 e. The monoisotopic (exact) mass is 412 g/mol. The van der Waals surface area contributed by atoms with Crippen LogP contribution < -0.4 is 14.8 Å². The first-order valence-electron chi connectivity index (χ1n) is 9.84. The summed E-state index contributed by atoms with van der Waals surface area (Å²) in [7, 11) is 1.53. The first-order chi connectivity index (χ1) is 15.0. The number of aryl methyl sites for hydroxylation is 2. The van der Waals surface area contributed by atoms with Crippen LogP contribution in [0.25, 0.3) is 6.08 Å². The molecule has 0 aliphatic carbocycles. The van der Waals surface area contributed by atoms with E-state index < -0.39 is 5.91 Å². The third kappa shape index (κ3) is 5.97. The number of nitrogens with zero attached hydrogens (tertiary/aromatic N) is 1. The highest BCUT2D eigenvalue weighted by atomic mass is 16.5. The van der Waals surface area contributed by atoms with Crippen molar-refractivity contribution in [2.45, 2.75) is 20.5 Å². The lowest BCUT2D eigenvalue weighted by molar-refractivity contribution is -0.112. The number of methoxy groups -OCH3 is 1. The van der Waals surface area contributed by atoms with Crippen LogP contribution in [0.15, 0.2) is 72.3 Å². The molecule has 0 saturated heterocycles. The van der Waals surface area contributed by atoms with Crippen LogP contribution in [0.1, 0.15) is 22.3 Å². The topological polar surface area (TPSA) is 71.3 Å². The molecule has 1 N–H and O–H groups in total. The van der Waals surface area contributed by atoms with Crippen molar-refractivity contribution in [2.24, 2.45) is 0 Å². The van der Waals surface area contributed by atoms with Gasteiger partial charge in [-0.2, -0.15) is 5.26 Å². The molecule has 0 unspecified atom stereocenters. The van der Waals surface area contributed by atoms with Gasteiger partial charge in [-0.3, -0.25) is 4.79 Å². The lowest BCUT2D eigenvalue weighted by atomic mass is 10.1. The molecule has 0 radical (unpaired) electrons. The summed E-state index contributed by atoms with van der Waals surface area (Å²) in [4.78, 5) is 12.6. The van der Waals surface area contributed by atoms with Crippen LogP contribution in [0, 0.1) is 25.2 Å². The van der Waals surface area contributed by atoms with Crippen LogP contribution in [-0.2, 0) is 11.4 Å². The number of hydrogen-bond donors (Lipinski definition) is 1. The summed E-state index contributed by atoms with van der Waals surface area (Å²) in [5.74, 6) is 0.753. The number of ether oxygens (including phenoxy) is 2. The van der Waals surface area contributed by atoms with Gasteiger partial charge in [-0.25, -0.2) is 0 Å². The Morgan fingerprint density at radius 3 is 2.45 bits per heavy atom. The number of carbonyl (C=O) groups is 1. The predicted molar refractivity (Wildman–Crippen MR) is 122 cm³/mol. The highest BCUT2D eigenvalue weighted by molar-refractivity contribution is 6.10. The van der Waals surface area contributed by atoms with Crippen LogP contribution in [0.2, 0.25) is 0 Å². The maximum absolute atomic E-state index is 12.6. The van der Waals surface area contributed by atoms with Gasteiger partial charge in [0.2, 0.25) is 0 Å². The van der Waals surface area contributed by atoms with E-state index in [1.54, 1.807) is 18.2 Å². The molecular weight excluding hydrogens is 388 g/mol. The lowest BCUT2D eigenvalue weighted by Crippen LogP contribution is -2.14. The van der Waals surface area contributed by atoms with Crippen LogP contribution in [0.4, 0.5) is 5.69 Å². The Balaban J connectivity index is 1.68. The van der Waals surface area contributed by atoms with Crippen molar-refractivity contribution in [1.82, 2.24) is 0 Å². The first kappa shape index (κ1) is 21.7. The average molecular weight is 412 g/mol. The molecule has 3 aromatic rings. The summed E-state index contributed by atoms with van der Waals surface area (Å²) < 4.78 is 11.1. The molecule has 0 aromatic heterocycles. The second-order valence-electron chi connectivity index (χ2n) is 7.17. The van der Waals surface area contributed by atoms with E-state index in [1.165, 1.54) is 12.7 Å². The van der Waals surface area contributed by atoms with Crippen molar-refractivity contribution < 1.29 is 14.3 Å². The first-order valence-corrected chi connectivity index (χ1v) is 9.84. The fourth-order valence-corrected chi connectivity index (χ4v) is 3.05. The van der Waals surface area contributed by atoms with Gasteiger partial charge in [0.25, 0.3) is 5.91 Å². The number of rotatable bonds is 7. The number of hydrogen-bond acceptors (Lipinski definition) is 4. The number of benzene rings is 3. The fraction of sp³-hybridized carbons (Fsp3) is 0.154. The van der Waals surface area contributed by atoms with Crippen LogP contribution in [0.5, 0.6) is 11.5 Å². The zero-order valence-electron chi connectivity index (χ0n) is 17.8. The van der Waals surface area contributed by atoms with Crippen molar-refractivity contribution in [3.63, 3.8) is 0 Å². The highest BCUT2D eigenvalue weighted by Gasteiger charge is 2.12. The van der Waals surface area contributed by atoms with E-state index in [4.69, 9.17) is 9.47 Å². The van der Waals surface area contributed by atoms with Crippen molar-refractivity contribution in [2.75, 3.05) is 12.4 Å². The summed E-state index contributed by atoms with van der Waals surface area (Å²) in [6.45, 7) is 4.43. The Hall–Kier alpha value is -4.04. The van der Waals surface area contributed by atoms with E-state index in [9.17, 15) is 10.1 Å². The molecule has 0 saturated carbocycles. The van der Waals surface area contributed by atoms with Gasteiger partial charge in [-0.05, 0) is 60.9 Å². The molecule has 156 valence electrons. The Morgan fingerprint density at radius 1 is 1.03 bits per heavy atom. The molecule has 3 rings (SSSR count). The van der Waals surface area contributed by atoms with E-state index in [0.717, 1.165) is 16.7 Å². The highest BCUT2D eigenvalue weighted by Crippen LogP contribution is 2.26. The van der Waals surface area contributed by atoms with E-state index in [1.807, 2.05) is 68.4 Å². The van der Waals surface area contributed by atoms with E-state index in [0.29, 0.717) is 23.8 Å². The summed E-state index contributed by atoms with van der Waals surface area (Å²) in [6, 6.07) is 22.8.